The molecule has 0 atom stereocenters. The molecule has 0 fully saturated rings. The minimum Gasteiger partial charge on any atom is -0.391 e. The highest BCUT2D eigenvalue weighted by molar-refractivity contribution is 7.09. The van der Waals surface area contributed by atoms with E-state index in [1.54, 1.807) is 23.5 Å². The molecule has 0 amide bonds. The summed E-state index contributed by atoms with van der Waals surface area (Å²) >= 11 is 1.68. The van der Waals surface area contributed by atoms with Gasteiger partial charge >= 0.3 is 0 Å². The number of hydrogen-bond donors (Lipinski definition) is 1. The molecule has 1 aromatic carbocycles. The summed E-state index contributed by atoms with van der Waals surface area (Å²) in [4.78, 5) is 13.9. The SMILES string of the molecule is CC(C)N(Cc1cccs1)c1ccc([N+](=O)[O-])c(CO)c1. The molecule has 0 radical (unpaired) electrons. The van der Waals surface area contributed by atoms with E-state index in [9.17, 15) is 15.2 Å². The second-order valence-electron chi connectivity index (χ2n) is 5.03. The van der Waals surface area contributed by atoms with Gasteiger partial charge in [-0.05, 0) is 37.4 Å². The standard InChI is InChI=1S/C15H18N2O3S/c1-11(2)16(9-14-4-3-7-21-14)13-5-6-15(17(19)20)12(8-13)10-18/h3-8,11,18H,9-10H2,1-2H3. The van der Waals surface area contributed by atoms with Gasteiger partial charge < -0.3 is 10.0 Å². The Balaban J connectivity index is 2.34. The second kappa shape index (κ2) is 6.69. The highest BCUT2D eigenvalue weighted by Gasteiger charge is 2.18. The molecule has 2 rings (SSSR count). The zero-order valence-electron chi connectivity index (χ0n) is 12.0. The molecule has 0 aliphatic carbocycles. The predicted molar refractivity (Wildman–Crippen MR) is 84.7 cm³/mol. The fraction of sp³-hybridized carbons (Fsp3) is 0.333. The summed E-state index contributed by atoms with van der Waals surface area (Å²) in [5, 5.41) is 22.3. The van der Waals surface area contributed by atoms with E-state index in [4.69, 9.17) is 0 Å². The Bertz CT molecular complexity index is 611. The van der Waals surface area contributed by atoms with Crippen molar-refractivity contribution in [3.8, 4) is 0 Å². The van der Waals surface area contributed by atoms with E-state index < -0.39 is 4.92 Å². The zero-order chi connectivity index (χ0) is 15.4. The van der Waals surface area contributed by atoms with Gasteiger partial charge in [0.05, 0.1) is 23.6 Å². The summed E-state index contributed by atoms with van der Waals surface area (Å²) < 4.78 is 0. The van der Waals surface area contributed by atoms with Gasteiger partial charge in [-0.3, -0.25) is 10.1 Å². The smallest absolute Gasteiger partial charge is 0.275 e. The van der Waals surface area contributed by atoms with E-state index >= 15 is 0 Å². The van der Waals surface area contributed by atoms with Crippen LogP contribution in [-0.4, -0.2) is 16.1 Å². The summed E-state index contributed by atoms with van der Waals surface area (Å²) in [5.74, 6) is 0. The van der Waals surface area contributed by atoms with E-state index in [0.717, 1.165) is 12.2 Å². The van der Waals surface area contributed by atoms with E-state index in [0.29, 0.717) is 5.56 Å². The lowest BCUT2D eigenvalue weighted by molar-refractivity contribution is -0.385. The first-order valence-electron chi connectivity index (χ1n) is 6.70. The van der Waals surface area contributed by atoms with Crippen molar-refractivity contribution < 1.29 is 10.0 Å². The fourth-order valence-corrected chi connectivity index (χ4v) is 2.90. The van der Waals surface area contributed by atoms with Crippen molar-refractivity contribution in [1.29, 1.82) is 0 Å². The van der Waals surface area contributed by atoms with Crippen LogP contribution in [0.1, 0.15) is 24.3 Å². The molecule has 1 aromatic heterocycles. The Hall–Kier alpha value is -1.92. The highest BCUT2D eigenvalue weighted by Crippen LogP contribution is 2.28. The van der Waals surface area contributed by atoms with Crippen LogP contribution in [0.5, 0.6) is 0 Å². The van der Waals surface area contributed by atoms with Gasteiger partial charge in [0.15, 0.2) is 0 Å². The molecule has 0 saturated heterocycles. The molecular formula is C15H18N2O3S. The topological polar surface area (TPSA) is 66.6 Å². The van der Waals surface area contributed by atoms with Crippen LogP contribution < -0.4 is 4.90 Å². The van der Waals surface area contributed by atoms with Crippen LogP contribution in [0.3, 0.4) is 0 Å². The molecule has 5 nitrogen and oxygen atoms in total. The molecule has 21 heavy (non-hydrogen) atoms. The van der Waals surface area contributed by atoms with Gasteiger partial charge in [0.1, 0.15) is 0 Å². The predicted octanol–water partition coefficient (Wildman–Crippen LogP) is 3.56. The number of benzene rings is 1. The molecular weight excluding hydrogens is 288 g/mol. The number of nitro benzene ring substituents is 1. The molecule has 0 unspecified atom stereocenters. The van der Waals surface area contributed by atoms with Gasteiger partial charge in [-0.25, -0.2) is 0 Å². The molecule has 6 heteroatoms. The highest BCUT2D eigenvalue weighted by atomic mass is 32.1. The van der Waals surface area contributed by atoms with E-state index in [1.165, 1.54) is 10.9 Å². The zero-order valence-corrected chi connectivity index (χ0v) is 12.8. The van der Waals surface area contributed by atoms with E-state index in [1.807, 2.05) is 11.4 Å². The third-order valence-corrected chi connectivity index (χ3v) is 4.15. The van der Waals surface area contributed by atoms with Crippen LogP contribution in [0.25, 0.3) is 0 Å². The maximum atomic E-state index is 10.9. The Kier molecular flexibility index (Phi) is 4.93. The fourth-order valence-electron chi connectivity index (χ4n) is 2.20. The van der Waals surface area contributed by atoms with Crippen LogP contribution in [0.15, 0.2) is 35.7 Å². The first-order valence-corrected chi connectivity index (χ1v) is 7.58. The van der Waals surface area contributed by atoms with Crippen molar-refractivity contribution in [2.45, 2.75) is 33.0 Å². The van der Waals surface area contributed by atoms with E-state index in [-0.39, 0.29) is 18.3 Å². The van der Waals surface area contributed by atoms with Crippen LogP contribution in [0, 0.1) is 10.1 Å². The van der Waals surface area contributed by atoms with Crippen molar-refractivity contribution in [2.75, 3.05) is 4.90 Å². The average Bonchev–Trinajstić information content (AvgIpc) is 2.96. The molecule has 1 heterocycles. The molecule has 0 saturated carbocycles. The van der Waals surface area contributed by atoms with Crippen molar-refractivity contribution in [3.63, 3.8) is 0 Å². The summed E-state index contributed by atoms with van der Waals surface area (Å²) in [6, 6.07) is 9.23. The van der Waals surface area contributed by atoms with Crippen LogP contribution in [0.2, 0.25) is 0 Å². The molecule has 0 spiro atoms. The number of thiophene rings is 1. The van der Waals surface area contributed by atoms with Gasteiger partial charge in [0, 0.05) is 22.7 Å². The Morgan fingerprint density at radius 2 is 2.14 bits per heavy atom. The molecule has 0 aliphatic rings. The number of rotatable bonds is 6. The third kappa shape index (κ3) is 3.59. The lowest BCUT2D eigenvalue weighted by Gasteiger charge is -2.29. The molecule has 1 N–H and O–H groups in total. The lowest BCUT2D eigenvalue weighted by Crippen LogP contribution is -2.29. The molecule has 0 bridgehead atoms. The lowest BCUT2D eigenvalue weighted by atomic mass is 10.1. The number of aliphatic hydroxyl groups excluding tert-OH is 1. The Labute approximate surface area is 127 Å². The first-order chi connectivity index (χ1) is 10.0. The molecule has 112 valence electrons. The van der Waals surface area contributed by atoms with Crippen LogP contribution in [-0.2, 0) is 13.2 Å². The van der Waals surface area contributed by atoms with Crippen molar-refractivity contribution in [2.24, 2.45) is 0 Å². The van der Waals surface area contributed by atoms with Gasteiger partial charge in [0.25, 0.3) is 5.69 Å². The van der Waals surface area contributed by atoms with Crippen LogP contribution >= 0.6 is 11.3 Å². The third-order valence-electron chi connectivity index (χ3n) is 3.29. The normalized spacial score (nSPS) is 10.9. The second-order valence-corrected chi connectivity index (χ2v) is 6.06. The Morgan fingerprint density at radius 3 is 2.67 bits per heavy atom. The monoisotopic (exact) mass is 306 g/mol. The maximum Gasteiger partial charge on any atom is 0.275 e. The van der Waals surface area contributed by atoms with Crippen molar-refractivity contribution in [3.05, 3.63) is 56.3 Å². The van der Waals surface area contributed by atoms with E-state index in [2.05, 4.69) is 24.8 Å². The average molecular weight is 306 g/mol. The number of hydrogen-bond acceptors (Lipinski definition) is 5. The van der Waals surface area contributed by atoms with Crippen molar-refractivity contribution >= 4 is 22.7 Å². The first kappa shape index (κ1) is 15.5. The van der Waals surface area contributed by atoms with Gasteiger partial charge in [-0.1, -0.05) is 6.07 Å². The summed E-state index contributed by atoms with van der Waals surface area (Å²) in [6.07, 6.45) is 0. The minimum atomic E-state index is -0.464. The van der Waals surface area contributed by atoms with Gasteiger partial charge in [-0.15, -0.1) is 11.3 Å². The maximum absolute atomic E-state index is 10.9. The summed E-state index contributed by atoms with van der Waals surface area (Å²) in [7, 11) is 0. The van der Waals surface area contributed by atoms with Gasteiger partial charge in [-0.2, -0.15) is 0 Å². The largest absolute Gasteiger partial charge is 0.391 e. The molecule has 2 aromatic rings. The van der Waals surface area contributed by atoms with Crippen LogP contribution in [0.4, 0.5) is 11.4 Å². The summed E-state index contributed by atoms with van der Waals surface area (Å²) in [6.45, 7) is 4.56. The summed E-state index contributed by atoms with van der Waals surface area (Å²) in [5.41, 5.74) is 1.18. The van der Waals surface area contributed by atoms with Crippen molar-refractivity contribution in [1.82, 2.24) is 0 Å². The molecule has 0 aliphatic heterocycles. The number of aliphatic hydroxyl groups is 1. The number of anilines is 1. The number of nitro groups is 1. The number of nitrogens with zero attached hydrogens (tertiary/aromatic N) is 2. The van der Waals surface area contributed by atoms with Gasteiger partial charge in [0.2, 0.25) is 0 Å². The minimum absolute atomic E-state index is 0.0407. The Morgan fingerprint density at radius 1 is 1.38 bits per heavy atom. The quantitative estimate of drug-likeness (QED) is 0.654.